The summed E-state index contributed by atoms with van der Waals surface area (Å²) >= 11 is 0. The molecule has 2 aromatic carbocycles. The zero-order valence-electron chi connectivity index (χ0n) is 15.1. The van der Waals surface area contributed by atoms with Gasteiger partial charge in [0.25, 0.3) is 11.8 Å². The van der Waals surface area contributed by atoms with E-state index in [1.165, 1.54) is 36.5 Å². The molecule has 0 saturated carbocycles. The van der Waals surface area contributed by atoms with Crippen molar-refractivity contribution in [2.45, 2.75) is 6.92 Å². The number of para-hydroxylation sites is 1. The number of pyridine rings is 1. The lowest BCUT2D eigenvalue weighted by Gasteiger charge is -2.09. The number of carbonyl (C=O) groups is 2. The molecule has 0 aliphatic heterocycles. The van der Waals surface area contributed by atoms with Gasteiger partial charge in [0.05, 0.1) is 12.3 Å². The number of hydrogen-bond acceptors (Lipinski definition) is 4. The zero-order valence-corrected chi connectivity index (χ0v) is 15.1. The number of hydrogen-bond donors (Lipinski definition) is 2. The van der Waals surface area contributed by atoms with Crippen molar-refractivity contribution in [2.75, 3.05) is 17.2 Å². The number of aromatic nitrogens is 1. The Hall–Kier alpha value is -3.74. The molecule has 3 rings (SSSR count). The lowest BCUT2D eigenvalue weighted by Crippen LogP contribution is -2.17. The van der Waals surface area contributed by atoms with Crippen molar-refractivity contribution in [1.82, 2.24) is 4.98 Å². The standard InChI is InChI=1S/C21H18FN3O3/c1-2-28-16-9-7-15(8-10-16)24-21(27)19-13-14(11-12-23-19)20(26)25-18-6-4-3-5-17(18)22/h3-13H,2H2,1H3,(H,24,27)(H,25,26). The van der Waals surface area contributed by atoms with Gasteiger partial charge >= 0.3 is 0 Å². The molecule has 0 aliphatic rings. The van der Waals surface area contributed by atoms with Gasteiger partial charge in [0.2, 0.25) is 0 Å². The second-order valence-corrected chi connectivity index (χ2v) is 5.78. The van der Waals surface area contributed by atoms with Crippen LogP contribution in [0.3, 0.4) is 0 Å². The number of rotatable bonds is 6. The molecule has 28 heavy (non-hydrogen) atoms. The summed E-state index contributed by atoms with van der Waals surface area (Å²) < 4.78 is 19.0. The summed E-state index contributed by atoms with van der Waals surface area (Å²) in [5.41, 5.74) is 0.881. The topological polar surface area (TPSA) is 80.3 Å². The van der Waals surface area contributed by atoms with Gasteiger partial charge in [0.15, 0.2) is 0 Å². The van der Waals surface area contributed by atoms with Crippen molar-refractivity contribution in [3.8, 4) is 5.75 Å². The highest BCUT2D eigenvalue weighted by atomic mass is 19.1. The third kappa shape index (κ3) is 4.70. The van der Waals surface area contributed by atoms with E-state index in [4.69, 9.17) is 4.74 Å². The highest BCUT2D eigenvalue weighted by molar-refractivity contribution is 6.07. The van der Waals surface area contributed by atoms with Gasteiger partial charge in [-0.2, -0.15) is 0 Å². The van der Waals surface area contributed by atoms with Crippen LogP contribution in [0.1, 0.15) is 27.8 Å². The molecule has 2 amide bonds. The maximum atomic E-state index is 13.7. The molecule has 0 atom stereocenters. The first-order valence-corrected chi connectivity index (χ1v) is 8.63. The number of halogens is 1. The van der Waals surface area contributed by atoms with E-state index in [9.17, 15) is 14.0 Å². The van der Waals surface area contributed by atoms with Gasteiger partial charge in [0.1, 0.15) is 17.3 Å². The SMILES string of the molecule is CCOc1ccc(NC(=O)c2cc(C(=O)Nc3ccccc3F)ccn2)cc1. The molecule has 0 aliphatic carbocycles. The maximum absolute atomic E-state index is 13.7. The van der Waals surface area contributed by atoms with Gasteiger partial charge in [0, 0.05) is 17.4 Å². The fourth-order valence-corrected chi connectivity index (χ4v) is 2.45. The summed E-state index contributed by atoms with van der Waals surface area (Å²) in [5, 5.41) is 5.18. The van der Waals surface area contributed by atoms with Crippen molar-refractivity contribution in [3.63, 3.8) is 0 Å². The van der Waals surface area contributed by atoms with Crippen LogP contribution in [0, 0.1) is 5.82 Å². The maximum Gasteiger partial charge on any atom is 0.274 e. The van der Waals surface area contributed by atoms with E-state index in [2.05, 4.69) is 15.6 Å². The van der Waals surface area contributed by atoms with E-state index in [-0.39, 0.29) is 16.9 Å². The molecule has 1 heterocycles. The molecular formula is C21H18FN3O3. The van der Waals surface area contributed by atoms with Crippen molar-refractivity contribution in [1.29, 1.82) is 0 Å². The summed E-state index contributed by atoms with van der Waals surface area (Å²) in [7, 11) is 0. The normalized spacial score (nSPS) is 10.2. The van der Waals surface area contributed by atoms with Crippen LogP contribution in [-0.2, 0) is 0 Å². The highest BCUT2D eigenvalue weighted by Gasteiger charge is 2.13. The van der Waals surface area contributed by atoms with Crippen molar-refractivity contribution in [3.05, 3.63) is 83.9 Å². The monoisotopic (exact) mass is 379 g/mol. The van der Waals surface area contributed by atoms with Gasteiger partial charge in [-0.25, -0.2) is 4.39 Å². The van der Waals surface area contributed by atoms with Crippen LogP contribution in [0.2, 0.25) is 0 Å². The second-order valence-electron chi connectivity index (χ2n) is 5.78. The minimum absolute atomic E-state index is 0.0599. The Kier molecular flexibility index (Phi) is 5.96. The van der Waals surface area contributed by atoms with Crippen LogP contribution in [0.5, 0.6) is 5.75 Å². The molecule has 1 aromatic heterocycles. The van der Waals surface area contributed by atoms with Crippen LogP contribution in [-0.4, -0.2) is 23.4 Å². The molecule has 0 unspecified atom stereocenters. The Bertz CT molecular complexity index is 990. The molecule has 0 spiro atoms. The summed E-state index contributed by atoms with van der Waals surface area (Å²) in [6, 6.07) is 15.5. The third-order valence-electron chi connectivity index (χ3n) is 3.80. The minimum atomic E-state index is -0.543. The Morgan fingerprint density at radius 3 is 2.46 bits per heavy atom. The second kappa shape index (κ2) is 8.77. The van der Waals surface area contributed by atoms with E-state index in [0.29, 0.717) is 18.0 Å². The van der Waals surface area contributed by atoms with Gasteiger partial charge in [-0.3, -0.25) is 14.6 Å². The molecule has 0 bridgehead atoms. The quantitative estimate of drug-likeness (QED) is 0.675. The zero-order chi connectivity index (χ0) is 19.9. The minimum Gasteiger partial charge on any atom is -0.494 e. The molecule has 6 nitrogen and oxygen atoms in total. The molecule has 0 saturated heterocycles. The number of benzene rings is 2. The van der Waals surface area contributed by atoms with Crippen LogP contribution in [0.15, 0.2) is 66.9 Å². The number of nitrogens with zero attached hydrogens (tertiary/aromatic N) is 1. The number of carbonyl (C=O) groups excluding carboxylic acids is 2. The average molecular weight is 379 g/mol. The number of anilines is 2. The van der Waals surface area contributed by atoms with Crippen molar-refractivity contribution < 1.29 is 18.7 Å². The molecule has 7 heteroatoms. The Balaban J connectivity index is 1.70. The van der Waals surface area contributed by atoms with E-state index in [1.54, 1.807) is 30.3 Å². The largest absolute Gasteiger partial charge is 0.494 e. The highest BCUT2D eigenvalue weighted by Crippen LogP contribution is 2.17. The van der Waals surface area contributed by atoms with Crippen LogP contribution in [0.25, 0.3) is 0 Å². The molecule has 142 valence electrons. The lowest BCUT2D eigenvalue weighted by molar-refractivity contribution is 0.102. The van der Waals surface area contributed by atoms with E-state index in [0.717, 1.165) is 0 Å². The first-order chi connectivity index (χ1) is 13.6. The summed E-state index contributed by atoms with van der Waals surface area (Å²) in [6.45, 7) is 2.44. The molecule has 0 fully saturated rings. The van der Waals surface area contributed by atoms with Gasteiger partial charge in [-0.05, 0) is 55.5 Å². The van der Waals surface area contributed by atoms with Crippen LogP contribution in [0.4, 0.5) is 15.8 Å². The summed E-state index contributed by atoms with van der Waals surface area (Å²) in [6.07, 6.45) is 1.35. The predicted molar refractivity (Wildman–Crippen MR) is 104 cm³/mol. The van der Waals surface area contributed by atoms with Gasteiger partial charge in [-0.1, -0.05) is 12.1 Å². The van der Waals surface area contributed by atoms with E-state index >= 15 is 0 Å². The van der Waals surface area contributed by atoms with Crippen LogP contribution >= 0.6 is 0 Å². The summed E-state index contributed by atoms with van der Waals surface area (Å²) in [5.74, 6) is -0.851. The van der Waals surface area contributed by atoms with Crippen molar-refractivity contribution >= 4 is 23.2 Å². The Morgan fingerprint density at radius 1 is 1.00 bits per heavy atom. The van der Waals surface area contributed by atoms with Gasteiger partial charge < -0.3 is 15.4 Å². The number of ether oxygens (including phenoxy) is 1. The summed E-state index contributed by atoms with van der Waals surface area (Å²) in [4.78, 5) is 28.8. The number of nitrogens with one attached hydrogen (secondary N) is 2. The smallest absolute Gasteiger partial charge is 0.274 e. The van der Waals surface area contributed by atoms with Crippen LogP contribution < -0.4 is 15.4 Å². The first kappa shape index (κ1) is 19.0. The van der Waals surface area contributed by atoms with Crippen molar-refractivity contribution in [2.24, 2.45) is 0 Å². The first-order valence-electron chi connectivity index (χ1n) is 8.63. The Labute approximate surface area is 161 Å². The van der Waals surface area contributed by atoms with Gasteiger partial charge in [-0.15, -0.1) is 0 Å². The average Bonchev–Trinajstić information content (AvgIpc) is 2.71. The fourth-order valence-electron chi connectivity index (χ4n) is 2.45. The fraction of sp³-hybridized carbons (Fsp3) is 0.0952. The number of amides is 2. The molecule has 3 aromatic rings. The molecule has 0 radical (unpaired) electrons. The molecular weight excluding hydrogens is 361 g/mol. The van der Waals surface area contributed by atoms with E-state index in [1.807, 2.05) is 6.92 Å². The van der Waals surface area contributed by atoms with E-state index < -0.39 is 17.6 Å². The third-order valence-corrected chi connectivity index (χ3v) is 3.80. The predicted octanol–water partition coefficient (Wildman–Crippen LogP) is 4.12. The Morgan fingerprint density at radius 2 is 1.75 bits per heavy atom. The lowest BCUT2D eigenvalue weighted by atomic mass is 10.2. The molecule has 2 N–H and O–H groups in total.